The van der Waals surface area contributed by atoms with Crippen LogP contribution in [0.2, 0.25) is 5.02 Å². The lowest BCUT2D eigenvalue weighted by atomic mass is 10.2. The lowest BCUT2D eigenvalue weighted by Gasteiger charge is -2.13. The molecule has 0 amide bonds. The number of anilines is 1. The second-order valence-corrected chi connectivity index (χ2v) is 7.26. The summed E-state index contributed by atoms with van der Waals surface area (Å²) in [6.45, 7) is 0. The van der Waals surface area contributed by atoms with E-state index in [4.69, 9.17) is 11.6 Å². The molecule has 3 nitrogen and oxygen atoms in total. The van der Waals surface area contributed by atoms with Crippen molar-refractivity contribution in [2.24, 2.45) is 0 Å². The smallest absolute Gasteiger partial charge is 0.278 e. The average Bonchev–Trinajstić information content (AvgIpc) is 2.40. The summed E-state index contributed by atoms with van der Waals surface area (Å²) in [4.78, 5) is -0.0934. The molecule has 2 aromatic rings. The van der Waals surface area contributed by atoms with E-state index < -0.39 is 21.8 Å². The molecule has 0 atom stereocenters. The van der Waals surface area contributed by atoms with Gasteiger partial charge in [0.05, 0.1) is 21.2 Å². The number of benzene rings is 2. The van der Waals surface area contributed by atoms with Gasteiger partial charge in [0.25, 0.3) is 10.0 Å². The molecule has 0 aromatic heterocycles. The van der Waals surface area contributed by atoms with Gasteiger partial charge in [-0.2, -0.15) is 13.2 Å². The van der Waals surface area contributed by atoms with Crippen molar-refractivity contribution < 1.29 is 21.6 Å². The van der Waals surface area contributed by atoms with Crippen LogP contribution in [0.15, 0.2) is 51.8 Å². The van der Waals surface area contributed by atoms with Crippen LogP contribution in [-0.4, -0.2) is 8.42 Å². The molecule has 0 bridgehead atoms. The molecule has 0 unspecified atom stereocenters. The first kappa shape index (κ1) is 17.1. The van der Waals surface area contributed by atoms with Crippen molar-refractivity contribution in [3.63, 3.8) is 0 Å². The van der Waals surface area contributed by atoms with E-state index in [0.717, 1.165) is 12.1 Å². The van der Waals surface area contributed by atoms with Crippen LogP contribution in [0, 0.1) is 0 Å². The Morgan fingerprint density at radius 1 is 1.05 bits per heavy atom. The van der Waals surface area contributed by atoms with Gasteiger partial charge in [-0.25, -0.2) is 8.42 Å². The van der Waals surface area contributed by atoms with E-state index in [9.17, 15) is 21.6 Å². The highest BCUT2D eigenvalue weighted by Gasteiger charge is 2.31. The van der Waals surface area contributed by atoms with Crippen LogP contribution in [0.1, 0.15) is 5.56 Å². The zero-order valence-electron chi connectivity index (χ0n) is 10.7. The molecule has 118 valence electrons. The Hall–Kier alpha value is -1.25. The first-order chi connectivity index (χ1) is 10.1. The molecule has 22 heavy (non-hydrogen) atoms. The summed E-state index contributed by atoms with van der Waals surface area (Å²) >= 11 is 8.92. The second kappa shape index (κ2) is 6.10. The highest BCUT2D eigenvalue weighted by Crippen LogP contribution is 2.34. The van der Waals surface area contributed by atoms with Gasteiger partial charge in [-0.05, 0) is 42.5 Å². The van der Waals surface area contributed by atoms with Crippen LogP contribution >= 0.6 is 27.5 Å². The van der Waals surface area contributed by atoms with Crippen molar-refractivity contribution in [2.75, 3.05) is 4.72 Å². The topological polar surface area (TPSA) is 46.2 Å². The summed E-state index contributed by atoms with van der Waals surface area (Å²) in [6.07, 6.45) is -4.59. The molecular formula is C13H8BrClF3NO2S. The fraction of sp³-hybridized carbons (Fsp3) is 0.0769. The molecule has 0 aliphatic rings. The molecule has 9 heteroatoms. The number of sulfonamides is 1. The van der Waals surface area contributed by atoms with Gasteiger partial charge in [-0.15, -0.1) is 0 Å². The lowest BCUT2D eigenvalue weighted by molar-refractivity contribution is -0.137. The van der Waals surface area contributed by atoms with E-state index in [1.807, 2.05) is 0 Å². The molecule has 0 fully saturated rings. The normalized spacial score (nSPS) is 12.2. The van der Waals surface area contributed by atoms with Gasteiger partial charge in [-0.1, -0.05) is 27.5 Å². The molecule has 0 aliphatic carbocycles. The fourth-order valence-corrected chi connectivity index (χ4v) is 3.15. The quantitative estimate of drug-likeness (QED) is 0.775. The minimum atomic E-state index is -4.59. The molecule has 2 rings (SSSR count). The predicted octanol–water partition coefficient (Wildman–Crippen LogP) is 4.92. The van der Waals surface area contributed by atoms with Gasteiger partial charge < -0.3 is 0 Å². The average molecular weight is 415 g/mol. The Kier molecular flexibility index (Phi) is 4.74. The molecule has 1 N–H and O–H groups in total. The van der Waals surface area contributed by atoms with E-state index in [1.54, 1.807) is 0 Å². The van der Waals surface area contributed by atoms with Crippen LogP contribution in [0.5, 0.6) is 0 Å². The van der Waals surface area contributed by atoms with Crippen molar-refractivity contribution >= 4 is 43.2 Å². The van der Waals surface area contributed by atoms with Gasteiger partial charge in [0.2, 0.25) is 0 Å². The largest absolute Gasteiger partial charge is 0.416 e. The molecule has 0 saturated carbocycles. The summed E-state index contributed by atoms with van der Waals surface area (Å²) in [5, 5.41) is -0.131. The van der Waals surface area contributed by atoms with E-state index >= 15 is 0 Å². The standard InChI is InChI=1S/C13H8BrClF3NO2S/c14-9-2-4-10(5-3-9)22(20,21)19-12-7-8(13(16,17)18)1-6-11(12)15/h1-7,19H. The number of rotatable bonds is 3. The summed E-state index contributed by atoms with van der Waals surface area (Å²) < 4.78 is 65.1. The highest BCUT2D eigenvalue weighted by atomic mass is 79.9. The van der Waals surface area contributed by atoms with Crippen molar-refractivity contribution in [3.8, 4) is 0 Å². The maximum absolute atomic E-state index is 12.7. The van der Waals surface area contributed by atoms with E-state index in [1.165, 1.54) is 24.3 Å². The van der Waals surface area contributed by atoms with Crippen molar-refractivity contribution in [1.82, 2.24) is 0 Å². The predicted molar refractivity (Wildman–Crippen MR) is 81.4 cm³/mol. The van der Waals surface area contributed by atoms with Gasteiger partial charge in [0.1, 0.15) is 0 Å². The van der Waals surface area contributed by atoms with E-state index in [2.05, 4.69) is 20.7 Å². The number of nitrogens with one attached hydrogen (secondary N) is 1. The van der Waals surface area contributed by atoms with Gasteiger partial charge in [0, 0.05) is 4.47 Å². The Bertz CT molecular complexity index is 792. The Morgan fingerprint density at radius 2 is 1.64 bits per heavy atom. The van der Waals surface area contributed by atoms with Crippen molar-refractivity contribution in [2.45, 2.75) is 11.1 Å². The molecule has 0 spiro atoms. The molecular weight excluding hydrogens is 407 g/mol. The highest BCUT2D eigenvalue weighted by molar-refractivity contribution is 9.10. The van der Waals surface area contributed by atoms with Gasteiger partial charge in [-0.3, -0.25) is 4.72 Å². The summed E-state index contributed by atoms with van der Waals surface area (Å²) in [6, 6.07) is 8.05. The SMILES string of the molecule is O=S(=O)(Nc1cc(C(F)(F)F)ccc1Cl)c1ccc(Br)cc1. The number of hydrogen-bond donors (Lipinski definition) is 1. The molecule has 0 saturated heterocycles. The second-order valence-electron chi connectivity index (χ2n) is 4.25. The third-order valence-corrected chi connectivity index (χ3v) is 4.90. The third kappa shape index (κ3) is 3.93. The van der Waals surface area contributed by atoms with Gasteiger partial charge >= 0.3 is 6.18 Å². The molecule has 0 heterocycles. The van der Waals surface area contributed by atoms with Crippen molar-refractivity contribution in [3.05, 3.63) is 57.5 Å². The number of alkyl halides is 3. The summed E-state index contributed by atoms with van der Waals surface area (Å²) in [5.41, 5.74) is -1.33. The molecule has 0 radical (unpaired) electrons. The van der Waals surface area contributed by atoms with Gasteiger partial charge in [0.15, 0.2) is 0 Å². The first-order valence-corrected chi connectivity index (χ1v) is 8.40. The summed E-state index contributed by atoms with van der Waals surface area (Å²) in [5.74, 6) is 0. The lowest BCUT2D eigenvalue weighted by Crippen LogP contribution is -2.14. The van der Waals surface area contributed by atoms with E-state index in [0.29, 0.717) is 10.5 Å². The molecule has 2 aromatic carbocycles. The summed E-state index contributed by atoms with van der Waals surface area (Å²) in [7, 11) is -4.04. The Morgan fingerprint density at radius 3 is 2.18 bits per heavy atom. The number of hydrogen-bond acceptors (Lipinski definition) is 2. The first-order valence-electron chi connectivity index (χ1n) is 5.75. The van der Waals surface area contributed by atoms with E-state index in [-0.39, 0.29) is 15.6 Å². The van der Waals surface area contributed by atoms with Crippen LogP contribution in [-0.2, 0) is 16.2 Å². The van der Waals surface area contributed by atoms with Crippen LogP contribution in [0.25, 0.3) is 0 Å². The third-order valence-electron chi connectivity index (χ3n) is 2.66. The minimum Gasteiger partial charge on any atom is -0.278 e. The monoisotopic (exact) mass is 413 g/mol. The Labute approximate surface area is 138 Å². The van der Waals surface area contributed by atoms with Crippen LogP contribution in [0.3, 0.4) is 0 Å². The Balaban J connectivity index is 2.39. The van der Waals surface area contributed by atoms with Crippen molar-refractivity contribution in [1.29, 1.82) is 0 Å². The number of halogens is 5. The fourth-order valence-electron chi connectivity index (χ4n) is 1.60. The van der Waals surface area contributed by atoms with Crippen LogP contribution < -0.4 is 4.72 Å². The maximum atomic E-state index is 12.7. The zero-order chi connectivity index (χ0) is 16.5. The molecule has 0 aliphatic heterocycles. The van der Waals surface area contributed by atoms with Crippen LogP contribution in [0.4, 0.5) is 18.9 Å². The zero-order valence-corrected chi connectivity index (χ0v) is 13.8. The minimum absolute atomic E-state index is 0.0934. The maximum Gasteiger partial charge on any atom is 0.416 e.